The van der Waals surface area contributed by atoms with E-state index in [0.29, 0.717) is 12.5 Å². The molecule has 0 bridgehead atoms. The Morgan fingerprint density at radius 3 is 2.50 bits per heavy atom. The van der Waals surface area contributed by atoms with Gasteiger partial charge in [-0.3, -0.25) is 4.90 Å². The molecule has 0 radical (unpaired) electrons. The summed E-state index contributed by atoms with van der Waals surface area (Å²) in [6, 6.07) is 15.9. The molecular weight excluding hydrogens is 275 g/mol. The predicted molar refractivity (Wildman–Crippen MR) is 88.2 cm³/mol. The van der Waals surface area contributed by atoms with Crippen molar-refractivity contribution in [3.8, 4) is 0 Å². The van der Waals surface area contributed by atoms with Crippen LogP contribution < -0.4 is 5.73 Å². The minimum absolute atomic E-state index is 0.0690. The molecule has 0 saturated carbocycles. The minimum atomic E-state index is -0.0690. The molecule has 0 aromatic heterocycles. The molecule has 1 heterocycles. The Hall–Kier alpha value is -1.71. The summed E-state index contributed by atoms with van der Waals surface area (Å²) in [6.07, 6.45) is 1.96. The normalized spacial score (nSPS) is 18.7. The van der Waals surface area contributed by atoms with Crippen molar-refractivity contribution >= 4 is 0 Å². The highest BCUT2D eigenvalue weighted by Gasteiger charge is 2.25. The second kappa shape index (κ2) is 7.03. The van der Waals surface area contributed by atoms with Crippen LogP contribution in [0.4, 0.5) is 4.39 Å². The molecule has 2 aromatic rings. The van der Waals surface area contributed by atoms with Crippen LogP contribution >= 0.6 is 0 Å². The van der Waals surface area contributed by atoms with Crippen LogP contribution in [0.1, 0.15) is 29.0 Å². The van der Waals surface area contributed by atoms with Crippen molar-refractivity contribution in [2.75, 3.05) is 19.6 Å². The largest absolute Gasteiger partial charge is 0.330 e. The lowest BCUT2D eigenvalue weighted by Crippen LogP contribution is -2.20. The van der Waals surface area contributed by atoms with E-state index in [-0.39, 0.29) is 5.82 Å². The quantitative estimate of drug-likeness (QED) is 0.917. The summed E-state index contributed by atoms with van der Waals surface area (Å²) in [4.78, 5) is 2.41. The van der Waals surface area contributed by atoms with Crippen LogP contribution in [0.2, 0.25) is 0 Å². The number of hydrogen-bond donors (Lipinski definition) is 1. The van der Waals surface area contributed by atoms with E-state index in [1.54, 1.807) is 12.1 Å². The highest BCUT2D eigenvalue weighted by Crippen LogP contribution is 2.29. The first-order valence-electron chi connectivity index (χ1n) is 8.01. The molecule has 0 amide bonds. The van der Waals surface area contributed by atoms with Crippen LogP contribution in [0.15, 0.2) is 48.5 Å². The molecule has 1 aliphatic heterocycles. The van der Waals surface area contributed by atoms with E-state index >= 15 is 0 Å². The second-order valence-electron chi connectivity index (χ2n) is 6.10. The van der Waals surface area contributed by atoms with E-state index < -0.39 is 0 Å². The Labute approximate surface area is 131 Å². The van der Waals surface area contributed by atoms with E-state index in [1.165, 1.54) is 11.1 Å². The number of rotatable bonds is 5. The van der Waals surface area contributed by atoms with Crippen molar-refractivity contribution in [3.63, 3.8) is 0 Å². The van der Waals surface area contributed by atoms with Gasteiger partial charge in [0.05, 0.1) is 0 Å². The van der Waals surface area contributed by atoms with Crippen molar-refractivity contribution in [1.82, 2.24) is 4.90 Å². The number of halogens is 1. The first kappa shape index (κ1) is 15.2. The summed E-state index contributed by atoms with van der Waals surface area (Å²) in [5.41, 5.74) is 9.04. The summed E-state index contributed by atoms with van der Waals surface area (Å²) < 4.78 is 13.9. The van der Waals surface area contributed by atoms with Crippen molar-refractivity contribution in [1.29, 1.82) is 0 Å². The van der Waals surface area contributed by atoms with Gasteiger partial charge < -0.3 is 5.73 Å². The van der Waals surface area contributed by atoms with Gasteiger partial charge in [0, 0.05) is 19.0 Å². The maximum Gasteiger partial charge on any atom is 0.126 e. The van der Waals surface area contributed by atoms with E-state index in [1.807, 2.05) is 12.1 Å². The fourth-order valence-electron chi connectivity index (χ4n) is 3.27. The molecule has 2 aromatic carbocycles. The maximum atomic E-state index is 13.9. The summed E-state index contributed by atoms with van der Waals surface area (Å²) in [6.45, 7) is 3.60. The summed E-state index contributed by atoms with van der Waals surface area (Å²) in [5, 5.41) is 0. The fraction of sp³-hybridized carbons (Fsp3) is 0.368. The predicted octanol–water partition coefficient (Wildman–Crippen LogP) is 3.32. The molecule has 1 fully saturated rings. The minimum Gasteiger partial charge on any atom is -0.330 e. The third-order valence-corrected chi connectivity index (χ3v) is 4.48. The van der Waals surface area contributed by atoms with Crippen LogP contribution in [0.25, 0.3) is 0 Å². The fourth-order valence-corrected chi connectivity index (χ4v) is 3.27. The van der Waals surface area contributed by atoms with Crippen molar-refractivity contribution in [2.24, 2.45) is 5.73 Å². The third kappa shape index (κ3) is 3.54. The maximum absolute atomic E-state index is 13.9. The van der Waals surface area contributed by atoms with E-state index in [9.17, 15) is 4.39 Å². The van der Waals surface area contributed by atoms with Crippen molar-refractivity contribution < 1.29 is 4.39 Å². The lowest BCUT2D eigenvalue weighted by molar-refractivity contribution is 0.326. The van der Waals surface area contributed by atoms with Gasteiger partial charge in [-0.2, -0.15) is 0 Å². The number of benzene rings is 2. The number of likely N-dealkylation sites (tertiary alicyclic amines) is 1. The molecule has 3 rings (SSSR count). The van der Waals surface area contributed by atoms with Gasteiger partial charge in [0.2, 0.25) is 0 Å². The van der Waals surface area contributed by atoms with E-state index in [2.05, 4.69) is 29.2 Å². The van der Waals surface area contributed by atoms with Gasteiger partial charge in [0.25, 0.3) is 0 Å². The lowest BCUT2D eigenvalue weighted by atomic mass is 9.98. The van der Waals surface area contributed by atoms with Crippen LogP contribution in [-0.4, -0.2) is 24.5 Å². The van der Waals surface area contributed by atoms with Gasteiger partial charge in [-0.05, 0) is 48.7 Å². The topological polar surface area (TPSA) is 29.3 Å². The van der Waals surface area contributed by atoms with Gasteiger partial charge in [-0.15, -0.1) is 0 Å². The van der Waals surface area contributed by atoms with Crippen LogP contribution in [0.5, 0.6) is 0 Å². The third-order valence-electron chi connectivity index (χ3n) is 4.48. The molecule has 2 N–H and O–H groups in total. The zero-order valence-electron chi connectivity index (χ0n) is 12.8. The molecule has 22 heavy (non-hydrogen) atoms. The zero-order chi connectivity index (χ0) is 15.4. The Morgan fingerprint density at radius 1 is 1.05 bits per heavy atom. The van der Waals surface area contributed by atoms with Crippen LogP contribution in [0.3, 0.4) is 0 Å². The molecule has 0 unspecified atom stereocenters. The van der Waals surface area contributed by atoms with Gasteiger partial charge in [-0.25, -0.2) is 4.39 Å². The Balaban J connectivity index is 1.60. The molecule has 1 saturated heterocycles. The molecule has 3 heteroatoms. The molecule has 0 aliphatic carbocycles. The SMILES string of the molecule is NCCc1ccc(CN2CC[C@H](c3ccccc3F)C2)cc1. The van der Waals surface area contributed by atoms with Crippen molar-refractivity contribution in [3.05, 3.63) is 71.0 Å². The molecule has 2 nitrogen and oxygen atoms in total. The number of hydrogen-bond acceptors (Lipinski definition) is 2. The van der Waals surface area contributed by atoms with Crippen LogP contribution in [-0.2, 0) is 13.0 Å². The molecule has 116 valence electrons. The number of nitrogens with zero attached hydrogens (tertiary/aromatic N) is 1. The zero-order valence-corrected chi connectivity index (χ0v) is 12.8. The monoisotopic (exact) mass is 298 g/mol. The first-order chi connectivity index (χ1) is 10.8. The summed E-state index contributed by atoms with van der Waals surface area (Å²) in [7, 11) is 0. The average molecular weight is 298 g/mol. The molecule has 0 spiro atoms. The molecule has 1 aliphatic rings. The van der Waals surface area contributed by atoms with Gasteiger partial charge in [-0.1, -0.05) is 42.5 Å². The van der Waals surface area contributed by atoms with Crippen LogP contribution in [0, 0.1) is 5.82 Å². The second-order valence-corrected chi connectivity index (χ2v) is 6.10. The highest BCUT2D eigenvalue weighted by atomic mass is 19.1. The standard InChI is InChI=1S/C19H23FN2/c20-19-4-2-1-3-18(19)17-10-12-22(14-17)13-16-7-5-15(6-8-16)9-11-21/h1-8,17H,9-14,21H2/t17-/m0/s1. The van der Waals surface area contributed by atoms with E-state index in [0.717, 1.165) is 38.0 Å². The summed E-state index contributed by atoms with van der Waals surface area (Å²) >= 11 is 0. The van der Waals surface area contributed by atoms with Gasteiger partial charge in [0.1, 0.15) is 5.82 Å². The first-order valence-corrected chi connectivity index (χ1v) is 8.01. The average Bonchev–Trinajstić information content (AvgIpc) is 2.98. The lowest BCUT2D eigenvalue weighted by Gasteiger charge is -2.17. The Kier molecular flexibility index (Phi) is 4.86. The van der Waals surface area contributed by atoms with E-state index in [4.69, 9.17) is 5.73 Å². The molecule has 1 atom stereocenters. The Bertz CT molecular complexity index is 609. The highest BCUT2D eigenvalue weighted by molar-refractivity contribution is 5.25. The number of nitrogens with two attached hydrogens (primary N) is 1. The Morgan fingerprint density at radius 2 is 1.77 bits per heavy atom. The molecular formula is C19H23FN2. The van der Waals surface area contributed by atoms with Gasteiger partial charge >= 0.3 is 0 Å². The van der Waals surface area contributed by atoms with Gasteiger partial charge in [0.15, 0.2) is 0 Å². The smallest absolute Gasteiger partial charge is 0.126 e. The van der Waals surface area contributed by atoms with Crippen molar-refractivity contribution in [2.45, 2.75) is 25.3 Å². The summed E-state index contributed by atoms with van der Waals surface area (Å²) in [5.74, 6) is 0.248.